The Labute approximate surface area is 92.6 Å². The summed E-state index contributed by atoms with van der Waals surface area (Å²) in [6.07, 6.45) is -0.422. The molecule has 0 spiro atoms. The van der Waals surface area contributed by atoms with Gasteiger partial charge in [0.15, 0.2) is 0 Å². The number of hydrogen-bond acceptors (Lipinski definition) is 4. The fourth-order valence-corrected chi connectivity index (χ4v) is 1.26. The lowest BCUT2D eigenvalue weighted by Crippen LogP contribution is -2.34. The molecule has 1 aliphatic heterocycles. The summed E-state index contributed by atoms with van der Waals surface area (Å²) in [7, 11) is 1.61. The Morgan fingerprint density at radius 2 is 2.12 bits per heavy atom. The van der Waals surface area contributed by atoms with Crippen LogP contribution in [0.2, 0.25) is 0 Å². The minimum absolute atomic E-state index is 0.286. The van der Waals surface area contributed by atoms with Crippen LogP contribution in [0.5, 0.6) is 0 Å². The van der Waals surface area contributed by atoms with Crippen LogP contribution in [0.4, 0.5) is 4.79 Å². The third-order valence-electron chi connectivity index (χ3n) is 2.18. The lowest BCUT2D eigenvalue weighted by atomic mass is 10.1. The molecule has 0 fully saturated rings. The Balaban J connectivity index is 2.25. The van der Waals surface area contributed by atoms with Crippen molar-refractivity contribution in [2.24, 2.45) is 4.99 Å². The maximum absolute atomic E-state index is 11.3. The molecule has 0 aliphatic carbocycles. The molecule has 1 aromatic rings. The molecule has 2 rings (SSSR count). The predicted octanol–water partition coefficient (Wildman–Crippen LogP) is 1.34. The van der Waals surface area contributed by atoms with Gasteiger partial charge in [-0.3, -0.25) is 4.90 Å². The zero-order valence-electron chi connectivity index (χ0n) is 8.67. The first kappa shape index (κ1) is 10.2. The Bertz CT molecular complexity index is 485. The van der Waals surface area contributed by atoms with E-state index in [1.165, 1.54) is 4.90 Å². The largest absolute Gasteiger partial charge is 0.417 e. The van der Waals surface area contributed by atoms with Crippen LogP contribution in [-0.4, -0.2) is 30.6 Å². The van der Waals surface area contributed by atoms with Crippen molar-refractivity contribution >= 4 is 12.0 Å². The maximum Gasteiger partial charge on any atom is 0.417 e. The predicted molar refractivity (Wildman–Crippen MR) is 56.8 cm³/mol. The summed E-state index contributed by atoms with van der Waals surface area (Å²) < 4.78 is 5.01. The number of hydrogen-bond donors (Lipinski definition) is 0. The molecule has 0 radical (unpaired) electrons. The van der Waals surface area contributed by atoms with Gasteiger partial charge in [-0.05, 0) is 24.3 Å². The number of amides is 1. The lowest BCUT2D eigenvalue weighted by Gasteiger charge is -2.20. The smallest absolute Gasteiger partial charge is 0.391 e. The van der Waals surface area contributed by atoms with Gasteiger partial charge in [-0.2, -0.15) is 5.26 Å². The van der Waals surface area contributed by atoms with Gasteiger partial charge in [-0.1, -0.05) is 0 Å². The van der Waals surface area contributed by atoms with Gasteiger partial charge in [-0.25, -0.2) is 9.79 Å². The van der Waals surface area contributed by atoms with Gasteiger partial charge in [0, 0.05) is 12.6 Å². The van der Waals surface area contributed by atoms with Gasteiger partial charge >= 0.3 is 6.09 Å². The van der Waals surface area contributed by atoms with Crippen molar-refractivity contribution in [3.8, 4) is 6.07 Å². The third kappa shape index (κ3) is 1.86. The fourth-order valence-electron chi connectivity index (χ4n) is 1.26. The zero-order valence-corrected chi connectivity index (χ0v) is 8.67. The average Bonchev–Trinajstić information content (AvgIpc) is 2.33. The van der Waals surface area contributed by atoms with Crippen LogP contribution in [0.15, 0.2) is 29.3 Å². The number of cyclic esters (lactones) is 1. The number of carbonyl (C=O) groups is 1. The highest BCUT2D eigenvalue weighted by atomic mass is 16.6. The van der Waals surface area contributed by atoms with E-state index in [1.807, 2.05) is 6.07 Å². The summed E-state index contributed by atoms with van der Waals surface area (Å²) in [5, 5.41) is 8.64. The number of rotatable bonds is 1. The van der Waals surface area contributed by atoms with E-state index in [1.54, 1.807) is 31.3 Å². The van der Waals surface area contributed by atoms with E-state index >= 15 is 0 Å². The van der Waals surface area contributed by atoms with E-state index < -0.39 is 6.09 Å². The summed E-state index contributed by atoms with van der Waals surface area (Å²) >= 11 is 0. The Morgan fingerprint density at radius 3 is 2.69 bits per heavy atom. The van der Waals surface area contributed by atoms with E-state index in [0.717, 1.165) is 0 Å². The van der Waals surface area contributed by atoms with E-state index in [-0.39, 0.29) is 6.67 Å². The van der Waals surface area contributed by atoms with Gasteiger partial charge in [0.25, 0.3) is 0 Å². The minimum Gasteiger partial charge on any atom is -0.391 e. The molecule has 1 amide bonds. The van der Waals surface area contributed by atoms with E-state index in [4.69, 9.17) is 10.00 Å². The van der Waals surface area contributed by atoms with Crippen LogP contribution in [-0.2, 0) is 4.74 Å². The number of benzene rings is 1. The Kier molecular flexibility index (Phi) is 2.56. The first-order valence-electron chi connectivity index (χ1n) is 4.68. The van der Waals surface area contributed by atoms with Gasteiger partial charge < -0.3 is 4.74 Å². The summed E-state index contributed by atoms with van der Waals surface area (Å²) in [6, 6.07) is 8.74. The van der Waals surface area contributed by atoms with Crippen molar-refractivity contribution in [2.75, 3.05) is 13.7 Å². The first-order valence-corrected chi connectivity index (χ1v) is 4.68. The molecule has 16 heavy (non-hydrogen) atoms. The Hall–Kier alpha value is -2.35. The molecule has 5 heteroatoms. The van der Waals surface area contributed by atoms with Crippen LogP contribution in [0.1, 0.15) is 11.1 Å². The van der Waals surface area contributed by atoms with Crippen LogP contribution >= 0.6 is 0 Å². The summed E-state index contributed by atoms with van der Waals surface area (Å²) in [4.78, 5) is 16.7. The van der Waals surface area contributed by atoms with Crippen molar-refractivity contribution in [3.05, 3.63) is 35.4 Å². The molecule has 80 valence electrons. The van der Waals surface area contributed by atoms with Gasteiger partial charge in [0.2, 0.25) is 5.90 Å². The lowest BCUT2D eigenvalue weighted by molar-refractivity contribution is 0.153. The number of aliphatic imine (C=N–C) groups is 1. The minimum atomic E-state index is -0.422. The zero-order chi connectivity index (χ0) is 11.5. The SMILES string of the molecule is CN1CN=C(c2ccc(C#N)cc2)OC1=O. The number of ether oxygens (including phenoxy) is 1. The molecule has 0 saturated carbocycles. The highest BCUT2D eigenvalue weighted by Gasteiger charge is 2.19. The number of nitriles is 1. The molecule has 0 atom stereocenters. The number of carbonyl (C=O) groups excluding carboxylic acids is 1. The molecule has 1 aliphatic rings. The monoisotopic (exact) mass is 215 g/mol. The maximum atomic E-state index is 11.3. The number of nitrogens with zero attached hydrogens (tertiary/aromatic N) is 3. The second kappa shape index (κ2) is 4.03. The normalized spacial score (nSPS) is 15.1. The quantitative estimate of drug-likeness (QED) is 0.710. The molecule has 1 heterocycles. The van der Waals surface area contributed by atoms with Crippen molar-refractivity contribution < 1.29 is 9.53 Å². The second-order valence-electron chi connectivity index (χ2n) is 3.36. The summed E-state index contributed by atoms with van der Waals surface area (Å²) in [5.41, 5.74) is 1.25. The van der Waals surface area contributed by atoms with Crippen molar-refractivity contribution in [1.29, 1.82) is 5.26 Å². The van der Waals surface area contributed by atoms with Gasteiger partial charge in [0.05, 0.1) is 11.6 Å². The van der Waals surface area contributed by atoms with Gasteiger partial charge in [0.1, 0.15) is 6.67 Å². The van der Waals surface area contributed by atoms with E-state index in [2.05, 4.69) is 4.99 Å². The van der Waals surface area contributed by atoms with Crippen molar-refractivity contribution in [1.82, 2.24) is 4.90 Å². The first-order chi connectivity index (χ1) is 7.70. The Morgan fingerprint density at radius 1 is 1.44 bits per heavy atom. The van der Waals surface area contributed by atoms with Crippen LogP contribution in [0.25, 0.3) is 0 Å². The molecule has 5 nitrogen and oxygen atoms in total. The topological polar surface area (TPSA) is 65.7 Å². The van der Waals surface area contributed by atoms with E-state index in [9.17, 15) is 4.79 Å². The molecule has 0 N–H and O–H groups in total. The van der Waals surface area contributed by atoms with Crippen molar-refractivity contribution in [2.45, 2.75) is 0 Å². The second-order valence-corrected chi connectivity index (χ2v) is 3.36. The summed E-state index contributed by atoms with van der Waals surface area (Å²) in [5.74, 6) is 0.299. The highest BCUT2D eigenvalue weighted by molar-refractivity contribution is 6.01. The molecule has 1 aromatic carbocycles. The van der Waals surface area contributed by atoms with Crippen LogP contribution in [0.3, 0.4) is 0 Å². The van der Waals surface area contributed by atoms with Crippen LogP contribution < -0.4 is 0 Å². The van der Waals surface area contributed by atoms with E-state index in [0.29, 0.717) is 17.0 Å². The molecular weight excluding hydrogens is 206 g/mol. The standard InChI is InChI=1S/C11H9N3O2/c1-14-7-13-10(16-11(14)15)9-4-2-8(6-12)3-5-9/h2-5H,7H2,1H3. The third-order valence-corrected chi connectivity index (χ3v) is 2.18. The molecule has 0 bridgehead atoms. The molecule has 0 saturated heterocycles. The molecular formula is C11H9N3O2. The molecule has 0 unspecified atom stereocenters. The van der Waals surface area contributed by atoms with Gasteiger partial charge in [-0.15, -0.1) is 0 Å². The summed E-state index contributed by atoms with van der Waals surface area (Å²) in [6.45, 7) is 0.286. The van der Waals surface area contributed by atoms with Crippen LogP contribution in [0, 0.1) is 11.3 Å². The fraction of sp³-hybridized carbons (Fsp3) is 0.182. The molecule has 0 aromatic heterocycles. The van der Waals surface area contributed by atoms with Crippen molar-refractivity contribution in [3.63, 3.8) is 0 Å². The highest BCUT2D eigenvalue weighted by Crippen LogP contribution is 2.10. The average molecular weight is 215 g/mol.